The summed E-state index contributed by atoms with van der Waals surface area (Å²) in [6.07, 6.45) is 1.32. The number of phenols is 1. The number of hydrogen-bond donors (Lipinski definition) is 2. The molecule has 2 aromatic carbocycles. The van der Waals surface area contributed by atoms with Crippen molar-refractivity contribution in [2.24, 2.45) is 0 Å². The van der Waals surface area contributed by atoms with Crippen LogP contribution in [0.5, 0.6) is 23.1 Å². The van der Waals surface area contributed by atoms with Gasteiger partial charge in [-0.15, -0.1) is 0 Å². The highest BCUT2D eigenvalue weighted by Gasteiger charge is 2.24. The summed E-state index contributed by atoms with van der Waals surface area (Å²) >= 11 is 0. The van der Waals surface area contributed by atoms with Crippen LogP contribution in [-0.4, -0.2) is 36.5 Å². The monoisotopic (exact) mass is 519 g/mol. The van der Waals surface area contributed by atoms with Gasteiger partial charge in [0.2, 0.25) is 5.88 Å². The molecule has 0 aliphatic heterocycles. The summed E-state index contributed by atoms with van der Waals surface area (Å²) in [6.45, 7) is 5.69. The van der Waals surface area contributed by atoms with Crippen molar-refractivity contribution in [1.29, 1.82) is 0 Å². The molecule has 0 unspecified atom stereocenters. The predicted octanol–water partition coefficient (Wildman–Crippen LogP) is 4.69. The van der Waals surface area contributed by atoms with Crippen molar-refractivity contribution in [3.63, 3.8) is 0 Å². The van der Waals surface area contributed by atoms with E-state index in [0.717, 1.165) is 16.7 Å². The summed E-state index contributed by atoms with van der Waals surface area (Å²) in [5.41, 5.74) is 3.50. The molecule has 4 aromatic rings. The summed E-state index contributed by atoms with van der Waals surface area (Å²) < 4.78 is 38.7. The van der Waals surface area contributed by atoms with Gasteiger partial charge in [0, 0.05) is 11.8 Å². The van der Waals surface area contributed by atoms with Gasteiger partial charge in [-0.25, -0.2) is 14.7 Å². The van der Waals surface area contributed by atoms with E-state index in [1.54, 1.807) is 18.2 Å². The predicted molar refractivity (Wildman–Crippen MR) is 138 cm³/mol. The van der Waals surface area contributed by atoms with E-state index in [0.29, 0.717) is 22.8 Å². The van der Waals surface area contributed by atoms with Crippen LogP contribution in [0.1, 0.15) is 27.0 Å². The van der Waals surface area contributed by atoms with E-state index in [1.807, 2.05) is 37.6 Å². The number of pyridine rings is 2. The standard InChI is InChI=1S/C27H25N3O6S/c1-16-13-17(2)25(18(3)14-16)36-27-20(26(32)30-37(33,34)24-7-5-6-12-28-24)9-10-21(29-27)19-8-11-23(35-4)22(31)15-19/h5-15,31H,1-4H3,(H,30,32). The second-order valence-electron chi connectivity index (χ2n) is 8.37. The Morgan fingerprint density at radius 3 is 2.32 bits per heavy atom. The lowest BCUT2D eigenvalue weighted by molar-refractivity contribution is 0.0978. The smallest absolute Gasteiger partial charge is 0.281 e. The number of phenolic OH excluding ortho intramolecular Hbond substituents is 1. The van der Waals surface area contributed by atoms with E-state index < -0.39 is 15.9 Å². The number of aromatic hydroxyl groups is 1. The fourth-order valence-electron chi connectivity index (χ4n) is 3.86. The van der Waals surface area contributed by atoms with Crippen molar-refractivity contribution in [2.75, 3.05) is 7.11 Å². The topological polar surface area (TPSA) is 128 Å². The second-order valence-corrected chi connectivity index (χ2v) is 10.00. The molecule has 0 saturated carbocycles. The van der Waals surface area contributed by atoms with Gasteiger partial charge in [-0.2, -0.15) is 8.42 Å². The Balaban J connectivity index is 1.79. The highest BCUT2D eigenvalue weighted by atomic mass is 32.2. The fraction of sp³-hybridized carbons (Fsp3) is 0.148. The Morgan fingerprint density at radius 1 is 0.973 bits per heavy atom. The van der Waals surface area contributed by atoms with Crippen molar-refractivity contribution in [1.82, 2.24) is 14.7 Å². The summed E-state index contributed by atoms with van der Waals surface area (Å²) in [6, 6.07) is 15.9. The van der Waals surface area contributed by atoms with Gasteiger partial charge in [-0.1, -0.05) is 23.8 Å². The average Bonchev–Trinajstić information content (AvgIpc) is 2.86. The van der Waals surface area contributed by atoms with Crippen molar-refractivity contribution in [2.45, 2.75) is 25.8 Å². The maximum Gasteiger partial charge on any atom is 0.281 e. The second kappa shape index (κ2) is 10.3. The van der Waals surface area contributed by atoms with Crippen molar-refractivity contribution in [3.8, 4) is 34.4 Å². The maximum atomic E-state index is 13.2. The minimum atomic E-state index is -4.24. The van der Waals surface area contributed by atoms with E-state index in [4.69, 9.17) is 9.47 Å². The number of carbonyl (C=O) groups is 1. The number of aryl methyl sites for hydroxylation is 3. The van der Waals surface area contributed by atoms with Crippen LogP contribution in [0.3, 0.4) is 0 Å². The number of hydrogen-bond acceptors (Lipinski definition) is 8. The normalized spacial score (nSPS) is 11.1. The molecule has 37 heavy (non-hydrogen) atoms. The number of amides is 1. The first-order chi connectivity index (χ1) is 17.6. The van der Waals surface area contributed by atoms with Crippen LogP contribution in [0.2, 0.25) is 0 Å². The zero-order chi connectivity index (χ0) is 26.7. The van der Waals surface area contributed by atoms with Crippen molar-refractivity contribution in [3.05, 3.63) is 89.1 Å². The van der Waals surface area contributed by atoms with Gasteiger partial charge < -0.3 is 14.6 Å². The van der Waals surface area contributed by atoms with Gasteiger partial charge in [0.25, 0.3) is 15.9 Å². The number of nitrogens with zero attached hydrogens (tertiary/aromatic N) is 2. The van der Waals surface area contributed by atoms with Crippen molar-refractivity contribution < 1.29 is 27.8 Å². The Labute approximate surface area is 214 Å². The third-order valence-electron chi connectivity index (χ3n) is 5.52. The fourth-order valence-corrected chi connectivity index (χ4v) is 4.78. The van der Waals surface area contributed by atoms with Crippen LogP contribution < -0.4 is 14.2 Å². The number of nitrogens with one attached hydrogen (secondary N) is 1. The molecule has 10 heteroatoms. The first-order valence-corrected chi connectivity index (χ1v) is 12.7. The molecular weight excluding hydrogens is 494 g/mol. The lowest BCUT2D eigenvalue weighted by Gasteiger charge is -2.16. The van der Waals surface area contributed by atoms with E-state index in [-0.39, 0.29) is 22.2 Å². The first kappa shape index (κ1) is 25.6. The molecule has 0 aliphatic rings. The van der Waals surface area contributed by atoms with E-state index in [1.165, 1.54) is 43.6 Å². The molecule has 0 aliphatic carbocycles. The zero-order valence-electron chi connectivity index (χ0n) is 20.6. The highest BCUT2D eigenvalue weighted by Crippen LogP contribution is 2.35. The van der Waals surface area contributed by atoms with E-state index in [2.05, 4.69) is 9.97 Å². The SMILES string of the molecule is COc1ccc(-c2ccc(C(=O)NS(=O)(=O)c3ccccn3)c(Oc3c(C)cc(C)cc3C)n2)cc1O. The van der Waals surface area contributed by atoms with Crippen LogP contribution in [0, 0.1) is 20.8 Å². The quantitative estimate of drug-likeness (QED) is 0.360. The van der Waals surface area contributed by atoms with Crippen LogP contribution in [0.4, 0.5) is 0 Å². The Hall–Kier alpha value is -4.44. The van der Waals surface area contributed by atoms with Crippen LogP contribution in [0.25, 0.3) is 11.3 Å². The lowest BCUT2D eigenvalue weighted by Crippen LogP contribution is -2.31. The molecule has 2 heterocycles. The Kier molecular flexibility index (Phi) is 7.12. The number of ether oxygens (including phenoxy) is 2. The molecule has 0 fully saturated rings. The van der Waals surface area contributed by atoms with E-state index >= 15 is 0 Å². The highest BCUT2D eigenvalue weighted by molar-refractivity contribution is 7.90. The van der Waals surface area contributed by atoms with Gasteiger partial charge in [0.15, 0.2) is 16.5 Å². The Morgan fingerprint density at radius 2 is 1.70 bits per heavy atom. The first-order valence-electron chi connectivity index (χ1n) is 11.2. The number of sulfonamides is 1. The summed E-state index contributed by atoms with van der Waals surface area (Å²) in [5.74, 6) is -0.328. The molecule has 2 N–H and O–H groups in total. The molecular formula is C27H25N3O6S. The molecule has 9 nitrogen and oxygen atoms in total. The number of methoxy groups -OCH3 is 1. The van der Waals surface area contributed by atoms with Crippen LogP contribution >= 0.6 is 0 Å². The number of aromatic nitrogens is 2. The summed E-state index contributed by atoms with van der Waals surface area (Å²) in [5, 5.41) is 9.92. The van der Waals surface area contributed by atoms with Gasteiger partial charge >= 0.3 is 0 Å². The maximum absolute atomic E-state index is 13.2. The van der Waals surface area contributed by atoms with Crippen LogP contribution in [-0.2, 0) is 10.0 Å². The summed E-state index contributed by atoms with van der Waals surface area (Å²) in [4.78, 5) is 21.5. The van der Waals surface area contributed by atoms with E-state index in [9.17, 15) is 18.3 Å². The molecule has 4 rings (SSSR count). The zero-order valence-corrected chi connectivity index (χ0v) is 21.5. The third kappa shape index (κ3) is 5.54. The number of benzene rings is 2. The van der Waals surface area contributed by atoms with Crippen molar-refractivity contribution >= 4 is 15.9 Å². The molecule has 0 bridgehead atoms. The summed E-state index contributed by atoms with van der Waals surface area (Å²) in [7, 11) is -2.79. The van der Waals surface area contributed by atoms with Gasteiger partial charge in [-0.3, -0.25) is 4.79 Å². The van der Waals surface area contributed by atoms with Gasteiger partial charge in [-0.05, 0) is 74.4 Å². The van der Waals surface area contributed by atoms with Gasteiger partial charge in [0.1, 0.15) is 11.3 Å². The minimum Gasteiger partial charge on any atom is -0.504 e. The van der Waals surface area contributed by atoms with Gasteiger partial charge in [0.05, 0.1) is 12.8 Å². The number of rotatable bonds is 7. The third-order valence-corrected chi connectivity index (χ3v) is 6.77. The molecule has 190 valence electrons. The number of carbonyl (C=O) groups excluding carboxylic acids is 1. The lowest BCUT2D eigenvalue weighted by atomic mass is 10.1. The van der Waals surface area contributed by atoms with Crippen LogP contribution in [0.15, 0.2) is 71.9 Å². The molecule has 0 saturated heterocycles. The molecule has 0 spiro atoms. The molecule has 0 atom stereocenters. The molecule has 1 amide bonds. The minimum absolute atomic E-state index is 0.0854. The molecule has 0 radical (unpaired) electrons. The average molecular weight is 520 g/mol. The molecule has 2 aromatic heterocycles. The Bertz CT molecular complexity index is 1560. The largest absolute Gasteiger partial charge is 0.504 e.